The van der Waals surface area contributed by atoms with E-state index < -0.39 is 0 Å². The van der Waals surface area contributed by atoms with Crippen molar-refractivity contribution in [2.75, 3.05) is 33.2 Å². The molecule has 4 heteroatoms. The molecule has 2 aromatic rings. The smallest absolute Gasteiger partial charge is 0.253 e. The Morgan fingerprint density at radius 1 is 0.957 bits per heavy atom. The molecule has 1 aliphatic rings. The van der Waals surface area contributed by atoms with Gasteiger partial charge in [0.15, 0.2) is 0 Å². The van der Waals surface area contributed by atoms with E-state index in [4.69, 9.17) is 0 Å². The van der Waals surface area contributed by atoms with Crippen LogP contribution in [0.3, 0.4) is 0 Å². The molecule has 3 nitrogen and oxygen atoms in total. The van der Waals surface area contributed by atoms with E-state index in [-0.39, 0.29) is 5.91 Å². The van der Waals surface area contributed by atoms with Gasteiger partial charge >= 0.3 is 0 Å². The first kappa shape index (κ1) is 16.1. The van der Waals surface area contributed by atoms with Gasteiger partial charge in [-0.3, -0.25) is 4.79 Å². The molecule has 0 aliphatic carbocycles. The summed E-state index contributed by atoms with van der Waals surface area (Å²) >= 11 is 1.74. The predicted molar refractivity (Wildman–Crippen MR) is 95.1 cm³/mol. The number of rotatable bonds is 3. The van der Waals surface area contributed by atoms with Gasteiger partial charge in [-0.05, 0) is 49.9 Å². The van der Waals surface area contributed by atoms with E-state index in [1.54, 1.807) is 11.8 Å². The third-order valence-corrected chi connectivity index (χ3v) is 5.40. The molecule has 0 aromatic heterocycles. The molecule has 1 amide bonds. The number of likely N-dealkylation sites (N-methyl/N-ethyl adjacent to an activating group) is 1. The zero-order chi connectivity index (χ0) is 16.2. The lowest BCUT2D eigenvalue weighted by Crippen LogP contribution is -2.47. The highest BCUT2D eigenvalue weighted by molar-refractivity contribution is 7.99. The summed E-state index contributed by atoms with van der Waals surface area (Å²) in [5.74, 6) is 0.144. The van der Waals surface area contributed by atoms with Crippen molar-refractivity contribution in [3.05, 3.63) is 59.7 Å². The topological polar surface area (TPSA) is 23.6 Å². The Morgan fingerprint density at radius 2 is 1.61 bits per heavy atom. The van der Waals surface area contributed by atoms with Crippen molar-refractivity contribution >= 4 is 17.7 Å². The third-order valence-electron chi connectivity index (χ3n) is 4.21. The van der Waals surface area contributed by atoms with Gasteiger partial charge < -0.3 is 9.80 Å². The molecule has 0 bridgehead atoms. The Balaban J connectivity index is 1.67. The van der Waals surface area contributed by atoms with Gasteiger partial charge in [-0.1, -0.05) is 30.0 Å². The minimum atomic E-state index is 0.144. The lowest BCUT2D eigenvalue weighted by Gasteiger charge is -2.32. The first-order valence-electron chi connectivity index (χ1n) is 7.95. The highest BCUT2D eigenvalue weighted by Crippen LogP contribution is 2.30. The van der Waals surface area contributed by atoms with E-state index in [1.807, 2.05) is 29.2 Å². The number of amides is 1. The summed E-state index contributed by atoms with van der Waals surface area (Å²) in [6, 6.07) is 16.3. The SMILES string of the molecule is Cc1ccccc1Sc1ccc(C(=O)N2CCN(C)CC2)cc1. The number of nitrogens with zero attached hydrogens (tertiary/aromatic N) is 2. The van der Waals surface area contributed by atoms with E-state index in [9.17, 15) is 4.79 Å². The van der Waals surface area contributed by atoms with Gasteiger partial charge in [-0.15, -0.1) is 0 Å². The monoisotopic (exact) mass is 326 g/mol. The fraction of sp³-hybridized carbons (Fsp3) is 0.316. The van der Waals surface area contributed by atoms with Crippen LogP contribution in [0, 0.1) is 6.92 Å². The average molecular weight is 326 g/mol. The Morgan fingerprint density at radius 3 is 2.26 bits per heavy atom. The molecular weight excluding hydrogens is 304 g/mol. The summed E-state index contributed by atoms with van der Waals surface area (Å²) in [6.07, 6.45) is 0. The largest absolute Gasteiger partial charge is 0.336 e. The number of carbonyl (C=O) groups excluding carboxylic acids is 1. The van der Waals surface area contributed by atoms with Gasteiger partial charge in [0.25, 0.3) is 5.91 Å². The highest BCUT2D eigenvalue weighted by atomic mass is 32.2. The summed E-state index contributed by atoms with van der Waals surface area (Å²) in [5, 5.41) is 0. The van der Waals surface area contributed by atoms with Gasteiger partial charge in [0, 0.05) is 41.5 Å². The molecule has 0 radical (unpaired) electrons. The number of aryl methyl sites for hydroxylation is 1. The Labute approximate surface area is 142 Å². The lowest BCUT2D eigenvalue weighted by molar-refractivity contribution is 0.0664. The van der Waals surface area contributed by atoms with Gasteiger partial charge in [-0.25, -0.2) is 0 Å². The van der Waals surface area contributed by atoms with E-state index in [1.165, 1.54) is 10.5 Å². The number of benzene rings is 2. The Kier molecular flexibility index (Phi) is 5.03. The summed E-state index contributed by atoms with van der Waals surface area (Å²) in [4.78, 5) is 19.2. The minimum absolute atomic E-state index is 0.144. The van der Waals surface area contributed by atoms with Gasteiger partial charge in [0.05, 0.1) is 0 Å². The molecule has 120 valence electrons. The first-order chi connectivity index (χ1) is 11.1. The third kappa shape index (κ3) is 3.95. The molecule has 3 rings (SSSR count). The molecule has 1 aliphatic heterocycles. The molecule has 0 spiro atoms. The number of hydrogen-bond donors (Lipinski definition) is 0. The Bertz CT molecular complexity index is 676. The van der Waals surface area contributed by atoms with E-state index in [0.29, 0.717) is 0 Å². The van der Waals surface area contributed by atoms with Crippen LogP contribution in [0.4, 0.5) is 0 Å². The summed E-state index contributed by atoms with van der Waals surface area (Å²) in [5.41, 5.74) is 2.05. The van der Waals surface area contributed by atoms with Gasteiger partial charge in [-0.2, -0.15) is 0 Å². The van der Waals surface area contributed by atoms with Crippen molar-refractivity contribution in [1.29, 1.82) is 0 Å². The van der Waals surface area contributed by atoms with E-state index in [0.717, 1.165) is 36.6 Å². The van der Waals surface area contributed by atoms with Gasteiger partial charge in [0.2, 0.25) is 0 Å². The fourth-order valence-corrected chi connectivity index (χ4v) is 3.56. The van der Waals surface area contributed by atoms with Crippen molar-refractivity contribution in [1.82, 2.24) is 9.80 Å². The van der Waals surface area contributed by atoms with Crippen LogP contribution in [-0.4, -0.2) is 48.9 Å². The molecule has 2 aromatic carbocycles. The molecule has 0 unspecified atom stereocenters. The van der Waals surface area contributed by atoms with Crippen LogP contribution < -0.4 is 0 Å². The minimum Gasteiger partial charge on any atom is -0.336 e. The van der Waals surface area contributed by atoms with E-state index in [2.05, 4.69) is 43.1 Å². The van der Waals surface area contributed by atoms with Crippen LogP contribution in [0.1, 0.15) is 15.9 Å². The second-order valence-electron chi connectivity index (χ2n) is 5.99. The molecular formula is C19H22N2OS. The number of carbonyl (C=O) groups is 1. The first-order valence-corrected chi connectivity index (χ1v) is 8.76. The molecule has 1 fully saturated rings. The zero-order valence-electron chi connectivity index (χ0n) is 13.7. The van der Waals surface area contributed by atoms with Crippen molar-refractivity contribution in [3.8, 4) is 0 Å². The maximum Gasteiger partial charge on any atom is 0.253 e. The fourth-order valence-electron chi connectivity index (χ4n) is 2.66. The zero-order valence-corrected chi connectivity index (χ0v) is 14.5. The van der Waals surface area contributed by atoms with Crippen LogP contribution in [-0.2, 0) is 0 Å². The molecule has 1 saturated heterocycles. The average Bonchev–Trinajstić information content (AvgIpc) is 2.58. The number of piperazine rings is 1. The van der Waals surface area contributed by atoms with Crippen LogP contribution in [0.2, 0.25) is 0 Å². The van der Waals surface area contributed by atoms with Gasteiger partial charge in [0.1, 0.15) is 0 Å². The van der Waals surface area contributed by atoms with Crippen LogP contribution >= 0.6 is 11.8 Å². The van der Waals surface area contributed by atoms with Crippen molar-refractivity contribution in [3.63, 3.8) is 0 Å². The molecule has 0 atom stereocenters. The second-order valence-corrected chi connectivity index (χ2v) is 7.10. The molecule has 0 saturated carbocycles. The van der Waals surface area contributed by atoms with Crippen molar-refractivity contribution < 1.29 is 4.79 Å². The van der Waals surface area contributed by atoms with Crippen molar-refractivity contribution in [2.45, 2.75) is 16.7 Å². The molecule has 0 N–H and O–H groups in total. The molecule has 1 heterocycles. The quantitative estimate of drug-likeness (QED) is 0.862. The maximum absolute atomic E-state index is 12.5. The van der Waals surface area contributed by atoms with Crippen LogP contribution in [0.5, 0.6) is 0 Å². The standard InChI is InChI=1S/C19H22N2OS/c1-15-5-3-4-6-18(15)23-17-9-7-16(8-10-17)19(22)21-13-11-20(2)12-14-21/h3-10H,11-14H2,1-2H3. The maximum atomic E-state index is 12.5. The van der Waals surface area contributed by atoms with Crippen LogP contribution in [0.25, 0.3) is 0 Å². The Hall–Kier alpha value is -1.78. The van der Waals surface area contributed by atoms with Crippen LogP contribution in [0.15, 0.2) is 58.3 Å². The summed E-state index contributed by atoms with van der Waals surface area (Å²) in [7, 11) is 2.10. The highest BCUT2D eigenvalue weighted by Gasteiger charge is 2.20. The number of hydrogen-bond acceptors (Lipinski definition) is 3. The summed E-state index contributed by atoms with van der Waals surface area (Å²) in [6.45, 7) is 5.65. The normalized spacial score (nSPS) is 15.7. The predicted octanol–water partition coefficient (Wildman–Crippen LogP) is 3.53. The van der Waals surface area contributed by atoms with E-state index >= 15 is 0 Å². The molecule has 23 heavy (non-hydrogen) atoms. The lowest BCUT2D eigenvalue weighted by atomic mass is 10.2. The summed E-state index contributed by atoms with van der Waals surface area (Å²) < 4.78 is 0. The second kappa shape index (κ2) is 7.20. The van der Waals surface area contributed by atoms with Crippen molar-refractivity contribution in [2.24, 2.45) is 0 Å².